The van der Waals surface area contributed by atoms with Gasteiger partial charge in [-0.2, -0.15) is 10.2 Å². The van der Waals surface area contributed by atoms with Crippen molar-refractivity contribution in [3.05, 3.63) is 56.5 Å². The van der Waals surface area contributed by atoms with Crippen LogP contribution in [-0.4, -0.2) is 36.5 Å². The van der Waals surface area contributed by atoms with Crippen LogP contribution in [0, 0.1) is 0 Å². The lowest BCUT2D eigenvalue weighted by Gasteiger charge is -2.12. The minimum Gasteiger partial charge on any atom is -0.490 e. The van der Waals surface area contributed by atoms with E-state index in [-0.39, 0.29) is 12.2 Å². The SMILES string of the molecule is CC(C)Oc1ccc(Br)cc1C=NNC(=O)C(=O)NN=Cc1cc(Br)ccc1OC(C)C. The van der Waals surface area contributed by atoms with Gasteiger partial charge in [0.1, 0.15) is 11.5 Å². The van der Waals surface area contributed by atoms with Gasteiger partial charge in [0.15, 0.2) is 0 Å². The van der Waals surface area contributed by atoms with Gasteiger partial charge >= 0.3 is 11.8 Å². The number of nitrogens with zero attached hydrogens (tertiary/aromatic N) is 2. The fourth-order valence-corrected chi connectivity index (χ4v) is 3.14. The highest BCUT2D eigenvalue weighted by Gasteiger charge is 2.12. The maximum Gasteiger partial charge on any atom is 0.331 e. The lowest BCUT2D eigenvalue weighted by molar-refractivity contribution is -0.139. The Morgan fingerprint density at radius 2 is 1.16 bits per heavy atom. The van der Waals surface area contributed by atoms with Crippen LogP contribution in [0.1, 0.15) is 38.8 Å². The number of nitrogens with one attached hydrogen (secondary N) is 2. The molecule has 2 N–H and O–H groups in total. The van der Waals surface area contributed by atoms with Gasteiger partial charge in [-0.1, -0.05) is 31.9 Å². The van der Waals surface area contributed by atoms with E-state index in [0.29, 0.717) is 22.6 Å². The van der Waals surface area contributed by atoms with Crippen molar-refractivity contribution in [2.24, 2.45) is 10.2 Å². The second kappa shape index (κ2) is 12.4. The number of benzene rings is 2. The molecule has 0 bridgehead atoms. The smallest absolute Gasteiger partial charge is 0.331 e. The average Bonchev–Trinajstić information content (AvgIpc) is 2.71. The lowest BCUT2D eigenvalue weighted by atomic mass is 10.2. The first kappa shape index (κ1) is 25.5. The molecule has 2 rings (SSSR count). The molecule has 0 fully saturated rings. The number of ether oxygens (including phenoxy) is 2. The van der Waals surface area contributed by atoms with Gasteiger partial charge in [-0.25, -0.2) is 10.9 Å². The van der Waals surface area contributed by atoms with Crippen molar-refractivity contribution in [3.63, 3.8) is 0 Å². The number of carbonyl (C=O) groups excluding carboxylic acids is 2. The molecule has 0 aliphatic rings. The largest absolute Gasteiger partial charge is 0.490 e. The van der Waals surface area contributed by atoms with Crippen LogP contribution in [0.2, 0.25) is 0 Å². The summed E-state index contributed by atoms with van der Waals surface area (Å²) in [4.78, 5) is 24.0. The number of hydrazone groups is 2. The summed E-state index contributed by atoms with van der Waals surface area (Å²) in [6.45, 7) is 7.62. The minimum atomic E-state index is -0.965. The summed E-state index contributed by atoms with van der Waals surface area (Å²) in [5, 5.41) is 7.66. The molecule has 10 heteroatoms. The maximum absolute atomic E-state index is 12.0. The Bertz CT molecular complexity index is 941. The Labute approximate surface area is 203 Å². The highest BCUT2D eigenvalue weighted by atomic mass is 79.9. The van der Waals surface area contributed by atoms with E-state index in [2.05, 4.69) is 52.9 Å². The zero-order chi connectivity index (χ0) is 23.7. The molecule has 32 heavy (non-hydrogen) atoms. The highest BCUT2D eigenvalue weighted by molar-refractivity contribution is 9.10. The van der Waals surface area contributed by atoms with E-state index in [9.17, 15) is 9.59 Å². The molecule has 0 spiro atoms. The van der Waals surface area contributed by atoms with Crippen LogP contribution in [0.3, 0.4) is 0 Å². The van der Waals surface area contributed by atoms with Gasteiger partial charge in [0.2, 0.25) is 0 Å². The molecule has 2 aromatic rings. The average molecular weight is 568 g/mol. The quantitative estimate of drug-likeness (QED) is 0.281. The molecule has 0 aromatic heterocycles. The van der Waals surface area contributed by atoms with Gasteiger partial charge in [-0.05, 0) is 64.1 Å². The van der Waals surface area contributed by atoms with Gasteiger partial charge in [-0.3, -0.25) is 9.59 Å². The molecule has 0 aliphatic carbocycles. The molecule has 0 radical (unpaired) electrons. The highest BCUT2D eigenvalue weighted by Crippen LogP contribution is 2.23. The monoisotopic (exact) mass is 566 g/mol. The summed E-state index contributed by atoms with van der Waals surface area (Å²) in [6, 6.07) is 10.8. The van der Waals surface area contributed by atoms with Crippen molar-refractivity contribution < 1.29 is 19.1 Å². The first-order valence-electron chi connectivity index (χ1n) is 9.74. The third-order valence-electron chi connectivity index (χ3n) is 3.61. The van der Waals surface area contributed by atoms with Gasteiger partial charge in [0.25, 0.3) is 0 Å². The van der Waals surface area contributed by atoms with Crippen molar-refractivity contribution in [3.8, 4) is 11.5 Å². The molecule has 0 atom stereocenters. The van der Waals surface area contributed by atoms with Crippen molar-refractivity contribution >= 4 is 56.1 Å². The van der Waals surface area contributed by atoms with Crippen molar-refractivity contribution in [2.45, 2.75) is 39.9 Å². The number of hydrogen-bond acceptors (Lipinski definition) is 6. The molecular weight excluding hydrogens is 544 g/mol. The number of halogens is 2. The minimum absolute atomic E-state index is 0.0294. The Hall–Kier alpha value is -2.72. The number of amides is 2. The number of rotatable bonds is 8. The summed E-state index contributed by atoms with van der Waals surface area (Å²) >= 11 is 6.76. The lowest BCUT2D eigenvalue weighted by Crippen LogP contribution is -2.35. The standard InChI is InChI=1S/C22H24Br2N4O4/c1-13(2)31-19-7-5-17(23)9-15(19)11-25-27-21(29)22(30)28-26-12-16-10-18(24)6-8-20(16)32-14(3)4/h5-14H,1-4H3,(H,27,29)(H,28,30). The van der Waals surface area contributed by atoms with Crippen LogP contribution in [0.5, 0.6) is 11.5 Å². The molecule has 0 unspecified atom stereocenters. The van der Waals surface area contributed by atoms with Crippen LogP contribution in [0.25, 0.3) is 0 Å². The third kappa shape index (κ3) is 8.43. The molecule has 0 heterocycles. The van der Waals surface area contributed by atoms with Crippen molar-refractivity contribution in [2.75, 3.05) is 0 Å². The maximum atomic E-state index is 12.0. The van der Waals surface area contributed by atoms with Crippen molar-refractivity contribution in [1.82, 2.24) is 10.9 Å². The first-order valence-corrected chi connectivity index (χ1v) is 11.3. The summed E-state index contributed by atoms with van der Waals surface area (Å²) < 4.78 is 13.1. The summed E-state index contributed by atoms with van der Waals surface area (Å²) in [6.07, 6.45) is 2.73. The van der Waals surface area contributed by atoms with Crippen LogP contribution in [-0.2, 0) is 9.59 Å². The second-order valence-corrected chi connectivity index (χ2v) is 8.93. The summed E-state index contributed by atoms with van der Waals surface area (Å²) in [5.41, 5.74) is 5.61. The van der Waals surface area contributed by atoms with Gasteiger partial charge in [0.05, 0.1) is 24.6 Å². The Balaban J connectivity index is 1.98. The molecule has 8 nitrogen and oxygen atoms in total. The molecule has 0 aliphatic heterocycles. The Morgan fingerprint density at radius 3 is 1.50 bits per heavy atom. The second-order valence-electron chi connectivity index (χ2n) is 7.10. The van der Waals surface area contributed by atoms with Gasteiger partial charge in [0, 0.05) is 20.1 Å². The number of carbonyl (C=O) groups is 2. The topological polar surface area (TPSA) is 101 Å². The molecule has 2 amide bonds. The predicted molar refractivity (Wildman–Crippen MR) is 131 cm³/mol. The van der Waals surface area contributed by atoms with E-state index < -0.39 is 11.8 Å². The summed E-state index contributed by atoms with van der Waals surface area (Å²) in [5.74, 6) is -0.729. The van der Waals surface area contributed by atoms with E-state index in [1.54, 1.807) is 24.3 Å². The fraction of sp³-hybridized carbons (Fsp3) is 0.273. The molecule has 170 valence electrons. The Kier molecular flexibility index (Phi) is 9.86. The van der Waals surface area contributed by atoms with Crippen LogP contribution >= 0.6 is 31.9 Å². The third-order valence-corrected chi connectivity index (χ3v) is 4.60. The molecule has 0 saturated heterocycles. The first-order chi connectivity index (χ1) is 15.2. The van der Waals surface area contributed by atoms with E-state index in [4.69, 9.17) is 9.47 Å². The van der Waals surface area contributed by atoms with E-state index in [0.717, 1.165) is 8.95 Å². The predicted octanol–water partition coefficient (Wildman–Crippen LogP) is 4.39. The fourth-order valence-electron chi connectivity index (χ4n) is 2.39. The van der Waals surface area contributed by atoms with Crippen LogP contribution in [0.4, 0.5) is 0 Å². The molecular formula is C22H24Br2N4O4. The van der Waals surface area contributed by atoms with E-state index in [1.807, 2.05) is 39.8 Å². The molecule has 2 aromatic carbocycles. The zero-order valence-corrected chi connectivity index (χ0v) is 21.2. The van der Waals surface area contributed by atoms with E-state index in [1.165, 1.54) is 12.4 Å². The van der Waals surface area contributed by atoms with E-state index >= 15 is 0 Å². The van der Waals surface area contributed by atoms with Gasteiger partial charge < -0.3 is 9.47 Å². The van der Waals surface area contributed by atoms with Crippen LogP contribution in [0.15, 0.2) is 55.5 Å². The van der Waals surface area contributed by atoms with Crippen molar-refractivity contribution in [1.29, 1.82) is 0 Å². The summed E-state index contributed by atoms with van der Waals surface area (Å²) in [7, 11) is 0. The zero-order valence-electron chi connectivity index (χ0n) is 18.1. The number of hydrogen-bond donors (Lipinski definition) is 2. The normalized spacial score (nSPS) is 11.4. The Morgan fingerprint density at radius 1 is 0.781 bits per heavy atom. The van der Waals surface area contributed by atoms with Crippen LogP contribution < -0.4 is 20.3 Å². The molecule has 0 saturated carbocycles. The van der Waals surface area contributed by atoms with Gasteiger partial charge in [-0.15, -0.1) is 0 Å².